The van der Waals surface area contributed by atoms with E-state index in [1.54, 1.807) is 11.0 Å². The number of morpholine rings is 1. The van der Waals surface area contributed by atoms with Crippen LogP contribution in [0.1, 0.15) is 61.5 Å². The van der Waals surface area contributed by atoms with Crippen LogP contribution < -0.4 is 4.90 Å². The van der Waals surface area contributed by atoms with Crippen LogP contribution in [0.5, 0.6) is 0 Å². The maximum atomic E-state index is 13.6. The highest BCUT2D eigenvalue weighted by molar-refractivity contribution is 7.14. The molecule has 1 aromatic heterocycles. The largest absolute Gasteiger partial charge is 0.477 e. The number of carboxylic acids is 1. The van der Waals surface area contributed by atoms with Gasteiger partial charge in [0.2, 0.25) is 11.8 Å². The normalized spacial score (nSPS) is 19.7. The fraction of sp³-hybridized carbons (Fsp3) is 0.609. The monoisotopic (exact) mass is 448 g/mol. The van der Waals surface area contributed by atoms with E-state index in [1.807, 2.05) is 20.8 Å². The van der Waals surface area contributed by atoms with Crippen LogP contribution in [-0.4, -0.2) is 60.6 Å². The van der Waals surface area contributed by atoms with Gasteiger partial charge < -0.3 is 19.6 Å². The summed E-state index contributed by atoms with van der Waals surface area (Å²) in [6.07, 6.45) is 4.23. The molecule has 1 fully saturated rings. The highest BCUT2D eigenvalue weighted by Crippen LogP contribution is 2.38. The first kappa shape index (κ1) is 23.5. The Morgan fingerprint density at radius 1 is 1.26 bits per heavy atom. The van der Waals surface area contributed by atoms with Gasteiger partial charge in [-0.05, 0) is 37.7 Å². The Labute approximate surface area is 187 Å². The Bertz CT molecular complexity index is 877. The number of aromatic carboxylic acids is 1. The number of hydrogen-bond acceptors (Lipinski definition) is 5. The molecule has 7 nitrogen and oxygen atoms in total. The van der Waals surface area contributed by atoms with Crippen molar-refractivity contribution in [3.05, 3.63) is 27.5 Å². The van der Waals surface area contributed by atoms with Gasteiger partial charge in [-0.2, -0.15) is 0 Å². The molecule has 3 rings (SSSR count). The number of carboxylic acid groups (broad SMARTS) is 1. The zero-order valence-corrected chi connectivity index (χ0v) is 19.6. The lowest BCUT2D eigenvalue weighted by Gasteiger charge is -2.32. The molecule has 0 aromatic carbocycles. The molecule has 170 valence electrons. The minimum Gasteiger partial charge on any atom is -0.477 e. The molecule has 8 heteroatoms. The molecular formula is C23H32N2O5S. The predicted octanol–water partition coefficient (Wildman–Crippen LogP) is 3.68. The second-order valence-corrected chi connectivity index (χ2v) is 10.4. The SMILES string of the molecule is CC1=CCC(C(=O)N(CC(=O)N2CCOCC2)c2cc(C(C)(C)C)sc2C(=O)O)CC1. The number of thiophene rings is 1. The first-order valence-corrected chi connectivity index (χ1v) is 11.6. The molecule has 2 aliphatic rings. The second kappa shape index (κ2) is 9.53. The van der Waals surface area contributed by atoms with E-state index < -0.39 is 5.97 Å². The topological polar surface area (TPSA) is 87.2 Å². The zero-order valence-electron chi connectivity index (χ0n) is 18.8. The maximum Gasteiger partial charge on any atom is 0.348 e. The summed E-state index contributed by atoms with van der Waals surface area (Å²) in [7, 11) is 0. The molecule has 0 bridgehead atoms. The number of amides is 2. The smallest absolute Gasteiger partial charge is 0.348 e. The summed E-state index contributed by atoms with van der Waals surface area (Å²) in [6.45, 7) is 9.83. The van der Waals surface area contributed by atoms with Crippen molar-refractivity contribution in [1.82, 2.24) is 4.90 Å². The molecular weight excluding hydrogens is 416 g/mol. The Hall–Kier alpha value is -2.19. The Kier molecular flexibility index (Phi) is 7.21. The molecule has 0 saturated carbocycles. The van der Waals surface area contributed by atoms with Crippen molar-refractivity contribution in [3.8, 4) is 0 Å². The van der Waals surface area contributed by atoms with E-state index >= 15 is 0 Å². The third kappa shape index (κ3) is 5.54. The van der Waals surface area contributed by atoms with Crippen molar-refractivity contribution in [2.24, 2.45) is 5.92 Å². The summed E-state index contributed by atoms with van der Waals surface area (Å²) in [5.41, 5.74) is 1.33. The minimum absolute atomic E-state index is 0.107. The number of anilines is 1. The van der Waals surface area contributed by atoms with E-state index in [1.165, 1.54) is 21.8 Å². The lowest BCUT2D eigenvalue weighted by atomic mass is 9.89. The number of rotatable bonds is 5. The molecule has 0 radical (unpaired) electrons. The Morgan fingerprint density at radius 2 is 1.94 bits per heavy atom. The van der Waals surface area contributed by atoms with Gasteiger partial charge in [0.1, 0.15) is 11.4 Å². The highest BCUT2D eigenvalue weighted by atomic mass is 32.1. The van der Waals surface area contributed by atoms with Gasteiger partial charge in [0.25, 0.3) is 0 Å². The molecule has 1 aliphatic carbocycles. The van der Waals surface area contributed by atoms with Crippen molar-refractivity contribution >= 4 is 34.8 Å². The van der Waals surface area contributed by atoms with Crippen LogP contribution in [0.4, 0.5) is 5.69 Å². The molecule has 2 heterocycles. The number of hydrogen-bond donors (Lipinski definition) is 1. The fourth-order valence-corrected chi connectivity index (χ4v) is 4.90. The van der Waals surface area contributed by atoms with Gasteiger partial charge in [-0.15, -0.1) is 11.3 Å². The van der Waals surface area contributed by atoms with Gasteiger partial charge in [0.05, 0.1) is 18.9 Å². The van der Waals surface area contributed by atoms with E-state index in [2.05, 4.69) is 13.0 Å². The van der Waals surface area contributed by atoms with Crippen LogP contribution in [0.2, 0.25) is 0 Å². The predicted molar refractivity (Wildman–Crippen MR) is 121 cm³/mol. The lowest BCUT2D eigenvalue weighted by Crippen LogP contribution is -2.48. The first-order valence-electron chi connectivity index (χ1n) is 10.8. The Balaban J connectivity index is 1.97. The van der Waals surface area contributed by atoms with Gasteiger partial charge in [0.15, 0.2) is 0 Å². The van der Waals surface area contributed by atoms with Gasteiger partial charge >= 0.3 is 5.97 Å². The van der Waals surface area contributed by atoms with Crippen molar-refractivity contribution in [2.75, 3.05) is 37.7 Å². The number of carbonyl (C=O) groups is 3. The van der Waals surface area contributed by atoms with E-state index in [0.29, 0.717) is 44.8 Å². The van der Waals surface area contributed by atoms with Crippen LogP contribution in [-0.2, 0) is 19.7 Å². The van der Waals surface area contributed by atoms with E-state index in [9.17, 15) is 19.5 Å². The van der Waals surface area contributed by atoms with Crippen LogP contribution in [0.25, 0.3) is 0 Å². The zero-order chi connectivity index (χ0) is 22.8. The van der Waals surface area contributed by atoms with Crippen molar-refractivity contribution in [2.45, 2.75) is 52.4 Å². The highest BCUT2D eigenvalue weighted by Gasteiger charge is 2.34. The van der Waals surface area contributed by atoms with Gasteiger partial charge in [-0.1, -0.05) is 32.4 Å². The van der Waals surface area contributed by atoms with Crippen molar-refractivity contribution in [3.63, 3.8) is 0 Å². The average Bonchev–Trinajstić information content (AvgIpc) is 3.18. The second-order valence-electron chi connectivity index (χ2n) is 9.32. The molecule has 1 atom stereocenters. The summed E-state index contributed by atoms with van der Waals surface area (Å²) in [6, 6.07) is 1.78. The van der Waals surface area contributed by atoms with Crippen LogP contribution in [0.15, 0.2) is 17.7 Å². The molecule has 31 heavy (non-hydrogen) atoms. The average molecular weight is 449 g/mol. The van der Waals surface area contributed by atoms with E-state index in [4.69, 9.17) is 4.74 Å². The van der Waals surface area contributed by atoms with Crippen molar-refractivity contribution in [1.29, 1.82) is 0 Å². The molecule has 1 saturated heterocycles. The standard InChI is InChI=1S/C23H32N2O5S/c1-15-5-7-16(8-6-15)21(27)25(14-19(26)24-9-11-30-12-10-24)17-13-18(23(2,3)4)31-20(17)22(28)29/h5,13,16H,6-12,14H2,1-4H3,(H,28,29). The number of carbonyl (C=O) groups excluding carboxylic acids is 2. The summed E-state index contributed by atoms with van der Waals surface area (Å²) in [5, 5.41) is 9.85. The van der Waals surface area contributed by atoms with E-state index in [-0.39, 0.29) is 34.6 Å². The summed E-state index contributed by atoms with van der Waals surface area (Å²) >= 11 is 1.18. The first-order chi connectivity index (χ1) is 14.6. The summed E-state index contributed by atoms with van der Waals surface area (Å²) in [5.74, 6) is -1.68. The minimum atomic E-state index is -1.08. The fourth-order valence-electron chi connectivity index (χ4n) is 3.84. The third-order valence-corrected chi connectivity index (χ3v) is 7.39. The maximum absolute atomic E-state index is 13.6. The van der Waals surface area contributed by atoms with Crippen molar-refractivity contribution < 1.29 is 24.2 Å². The number of allylic oxidation sites excluding steroid dienone is 2. The molecule has 1 aromatic rings. The third-order valence-electron chi connectivity index (χ3n) is 5.85. The summed E-state index contributed by atoms with van der Waals surface area (Å²) < 4.78 is 5.33. The molecule has 1 aliphatic heterocycles. The van der Waals surface area contributed by atoms with Crippen LogP contribution in [0, 0.1) is 5.92 Å². The molecule has 1 unspecified atom stereocenters. The Morgan fingerprint density at radius 3 is 2.48 bits per heavy atom. The number of ether oxygens (including phenoxy) is 1. The number of nitrogens with zero attached hydrogens (tertiary/aromatic N) is 2. The van der Waals surface area contributed by atoms with E-state index in [0.717, 1.165) is 11.3 Å². The molecule has 1 N–H and O–H groups in total. The summed E-state index contributed by atoms with van der Waals surface area (Å²) in [4.78, 5) is 42.7. The van der Waals surface area contributed by atoms with Gasteiger partial charge in [-0.3, -0.25) is 9.59 Å². The molecule has 0 spiro atoms. The van der Waals surface area contributed by atoms with Crippen LogP contribution >= 0.6 is 11.3 Å². The van der Waals surface area contributed by atoms with Gasteiger partial charge in [-0.25, -0.2) is 4.79 Å². The lowest BCUT2D eigenvalue weighted by molar-refractivity contribution is -0.135. The van der Waals surface area contributed by atoms with Crippen LogP contribution in [0.3, 0.4) is 0 Å². The molecule has 2 amide bonds. The quantitative estimate of drug-likeness (QED) is 0.695. The van der Waals surface area contributed by atoms with Gasteiger partial charge in [0, 0.05) is 23.9 Å².